The van der Waals surface area contributed by atoms with Gasteiger partial charge in [-0.05, 0) is 62.9 Å². The summed E-state index contributed by atoms with van der Waals surface area (Å²) >= 11 is 0. The summed E-state index contributed by atoms with van der Waals surface area (Å²) in [6.45, 7) is 11.6. The number of ether oxygens (including phenoxy) is 1. The fourth-order valence-corrected chi connectivity index (χ4v) is 5.03. The summed E-state index contributed by atoms with van der Waals surface area (Å²) in [6.07, 6.45) is 2.72. The predicted octanol–water partition coefficient (Wildman–Crippen LogP) is 5.39. The highest BCUT2D eigenvalue weighted by Gasteiger charge is 2.26. The van der Waals surface area contributed by atoms with Gasteiger partial charge in [0.1, 0.15) is 18.1 Å². The van der Waals surface area contributed by atoms with E-state index >= 15 is 0 Å². The Morgan fingerprint density at radius 3 is 2.57 bits per heavy atom. The molecule has 0 atom stereocenters. The first-order chi connectivity index (χ1) is 16.8. The zero-order chi connectivity index (χ0) is 24.7. The van der Waals surface area contributed by atoms with Gasteiger partial charge in [-0.25, -0.2) is 18.7 Å². The Kier molecular flexibility index (Phi) is 6.45. The molecular formula is C28H32F2N4O. The van der Waals surface area contributed by atoms with Crippen LogP contribution in [0.2, 0.25) is 0 Å². The highest BCUT2D eigenvalue weighted by atomic mass is 19.1. The van der Waals surface area contributed by atoms with Gasteiger partial charge in [-0.15, -0.1) is 0 Å². The number of anilines is 1. The highest BCUT2D eigenvalue weighted by molar-refractivity contribution is 5.72. The van der Waals surface area contributed by atoms with E-state index in [1.165, 1.54) is 23.4 Å². The van der Waals surface area contributed by atoms with Crippen LogP contribution in [-0.4, -0.2) is 46.6 Å². The number of rotatable bonds is 5. The van der Waals surface area contributed by atoms with E-state index < -0.39 is 11.6 Å². The van der Waals surface area contributed by atoms with Gasteiger partial charge in [-0.2, -0.15) is 0 Å². The molecule has 0 spiro atoms. The Bertz CT molecular complexity index is 1240. The fourth-order valence-electron chi connectivity index (χ4n) is 5.03. The molecule has 35 heavy (non-hydrogen) atoms. The summed E-state index contributed by atoms with van der Waals surface area (Å²) in [6, 6.07) is 10.2. The van der Waals surface area contributed by atoms with Gasteiger partial charge in [0, 0.05) is 37.2 Å². The van der Waals surface area contributed by atoms with Gasteiger partial charge in [-0.1, -0.05) is 18.2 Å². The second kappa shape index (κ2) is 9.53. The molecule has 3 aromatic rings. The van der Waals surface area contributed by atoms with Crippen LogP contribution in [-0.2, 0) is 19.4 Å². The molecule has 0 bridgehead atoms. The number of benzene rings is 2. The lowest BCUT2D eigenvalue weighted by Gasteiger charge is -2.34. The number of halogens is 2. The van der Waals surface area contributed by atoms with Crippen molar-refractivity contribution in [1.82, 2.24) is 14.9 Å². The van der Waals surface area contributed by atoms with E-state index in [1.54, 1.807) is 6.07 Å². The van der Waals surface area contributed by atoms with Crippen LogP contribution in [0.15, 0.2) is 36.5 Å². The summed E-state index contributed by atoms with van der Waals surface area (Å²) in [4.78, 5) is 13.3. The van der Waals surface area contributed by atoms with Crippen LogP contribution in [0.1, 0.15) is 50.2 Å². The Morgan fingerprint density at radius 1 is 0.971 bits per heavy atom. The maximum absolute atomic E-state index is 15.0. The minimum absolute atomic E-state index is 0.106. The standard InChI is InChI=1S/C28H32F2N4O/c1-17(2)33-8-7-20-6-5-19(11-22(20)16-33)12-26-31-15-24(30)27(32-26)21-13-23(29)28-25(14-21)34(18(3)4)9-10-35-28/h5-6,11,13-15,17-18H,7-10,12,16H2,1-4H3. The van der Waals surface area contributed by atoms with Crippen LogP contribution >= 0.6 is 0 Å². The monoisotopic (exact) mass is 478 g/mol. The van der Waals surface area contributed by atoms with Crippen molar-refractivity contribution < 1.29 is 13.5 Å². The van der Waals surface area contributed by atoms with E-state index in [1.807, 2.05) is 13.8 Å². The number of nitrogens with zero attached hydrogens (tertiary/aromatic N) is 4. The van der Waals surface area contributed by atoms with E-state index in [-0.39, 0.29) is 17.5 Å². The third-order valence-electron chi connectivity index (χ3n) is 7.01. The lowest BCUT2D eigenvalue weighted by atomic mass is 9.95. The van der Waals surface area contributed by atoms with Gasteiger partial charge in [0.2, 0.25) is 0 Å². The lowest BCUT2D eigenvalue weighted by Crippen LogP contribution is -2.38. The van der Waals surface area contributed by atoms with Gasteiger partial charge in [0.05, 0.1) is 18.4 Å². The zero-order valence-corrected chi connectivity index (χ0v) is 20.8. The maximum atomic E-state index is 15.0. The van der Waals surface area contributed by atoms with Crippen molar-refractivity contribution in [2.24, 2.45) is 0 Å². The molecule has 2 aromatic carbocycles. The first kappa shape index (κ1) is 23.7. The van der Waals surface area contributed by atoms with E-state index in [4.69, 9.17) is 4.74 Å². The molecule has 1 aromatic heterocycles. The Morgan fingerprint density at radius 2 is 1.80 bits per heavy atom. The van der Waals surface area contributed by atoms with Crippen molar-refractivity contribution in [3.8, 4) is 17.0 Å². The fraction of sp³-hybridized carbons (Fsp3) is 0.429. The smallest absolute Gasteiger partial charge is 0.178 e. The molecule has 0 saturated carbocycles. The van der Waals surface area contributed by atoms with Crippen LogP contribution in [0, 0.1) is 11.6 Å². The minimum atomic E-state index is -0.570. The predicted molar refractivity (Wildman–Crippen MR) is 134 cm³/mol. The van der Waals surface area contributed by atoms with Crippen molar-refractivity contribution >= 4 is 5.69 Å². The van der Waals surface area contributed by atoms with Crippen molar-refractivity contribution in [2.45, 2.75) is 59.2 Å². The van der Waals surface area contributed by atoms with Crippen LogP contribution in [0.25, 0.3) is 11.3 Å². The van der Waals surface area contributed by atoms with Crippen molar-refractivity contribution in [2.75, 3.05) is 24.6 Å². The molecule has 0 fully saturated rings. The summed E-state index contributed by atoms with van der Waals surface area (Å²) in [5.74, 6) is -0.355. The van der Waals surface area contributed by atoms with Crippen molar-refractivity contribution in [1.29, 1.82) is 0 Å². The van der Waals surface area contributed by atoms with E-state index in [0.29, 0.717) is 42.7 Å². The van der Waals surface area contributed by atoms with Crippen LogP contribution in [0.5, 0.6) is 5.75 Å². The molecule has 5 nitrogen and oxygen atoms in total. The van der Waals surface area contributed by atoms with Gasteiger partial charge in [0.25, 0.3) is 0 Å². The summed E-state index contributed by atoms with van der Waals surface area (Å²) in [5.41, 5.74) is 4.92. The average Bonchev–Trinajstić information content (AvgIpc) is 2.84. The quantitative estimate of drug-likeness (QED) is 0.492. The van der Waals surface area contributed by atoms with Gasteiger partial charge >= 0.3 is 0 Å². The molecule has 0 N–H and O–H groups in total. The molecule has 0 aliphatic carbocycles. The second-order valence-electron chi connectivity index (χ2n) is 10.0. The van der Waals surface area contributed by atoms with Crippen molar-refractivity contribution in [3.63, 3.8) is 0 Å². The second-order valence-corrected chi connectivity index (χ2v) is 10.0. The molecule has 5 rings (SSSR count). The Hall–Kier alpha value is -3.06. The molecule has 3 heterocycles. The largest absolute Gasteiger partial charge is 0.486 e. The van der Waals surface area contributed by atoms with Crippen LogP contribution < -0.4 is 9.64 Å². The van der Waals surface area contributed by atoms with Gasteiger partial charge < -0.3 is 9.64 Å². The van der Waals surface area contributed by atoms with E-state index in [0.717, 1.165) is 25.1 Å². The number of hydrogen-bond donors (Lipinski definition) is 0. The SMILES string of the molecule is CC(C)N1CCc2ccc(Cc3ncc(F)c(-c4cc(F)c5c(c4)N(C(C)C)CCO5)n3)cc2C1. The zero-order valence-electron chi connectivity index (χ0n) is 20.8. The molecule has 0 radical (unpaired) electrons. The maximum Gasteiger partial charge on any atom is 0.178 e. The summed E-state index contributed by atoms with van der Waals surface area (Å²) in [5, 5.41) is 0. The first-order valence-corrected chi connectivity index (χ1v) is 12.4. The molecule has 0 saturated heterocycles. The minimum Gasteiger partial charge on any atom is -0.486 e. The normalized spacial score (nSPS) is 15.8. The third kappa shape index (κ3) is 4.74. The summed E-state index contributed by atoms with van der Waals surface area (Å²) < 4.78 is 35.4. The van der Waals surface area contributed by atoms with Crippen molar-refractivity contribution in [3.05, 3.63) is 70.7 Å². The molecule has 0 amide bonds. The average molecular weight is 479 g/mol. The van der Waals surface area contributed by atoms with Gasteiger partial charge in [0.15, 0.2) is 17.4 Å². The first-order valence-electron chi connectivity index (χ1n) is 12.4. The molecule has 184 valence electrons. The third-order valence-corrected chi connectivity index (χ3v) is 7.01. The molecule has 0 unspecified atom stereocenters. The van der Waals surface area contributed by atoms with Crippen LogP contribution in [0.4, 0.5) is 14.5 Å². The lowest BCUT2D eigenvalue weighted by molar-refractivity contribution is 0.203. The molecule has 2 aliphatic rings. The van der Waals surface area contributed by atoms with E-state index in [2.05, 4.69) is 51.8 Å². The Labute approximate surface area is 205 Å². The van der Waals surface area contributed by atoms with Crippen LogP contribution in [0.3, 0.4) is 0 Å². The summed E-state index contributed by atoms with van der Waals surface area (Å²) in [7, 11) is 0. The molecule has 7 heteroatoms. The van der Waals surface area contributed by atoms with Gasteiger partial charge in [-0.3, -0.25) is 4.90 Å². The number of aromatic nitrogens is 2. The topological polar surface area (TPSA) is 41.5 Å². The number of hydrogen-bond acceptors (Lipinski definition) is 5. The Balaban J connectivity index is 1.45. The van der Waals surface area contributed by atoms with E-state index in [9.17, 15) is 8.78 Å². The number of fused-ring (bicyclic) bond motifs is 2. The molecule has 2 aliphatic heterocycles. The highest BCUT2D eigenvalue weighted by Crippen LogP contribution is 2.39. The molecular weight excluding hydrogens is 446 g/mol.